The van der Waals surface area contributed by atoms with Gasteiger partial charge in [-0.25, -0.2) is 0 Å². The van der Waals surface area contributed by atoms with E-state index < -0.39 is 5.41 Å². The van der Waals surface area contributed by atoms with Crippen molar-refractivity contribution in [2.45, 2.75) is 78.6 Å². The first-order chi connectivity index (χ1) is 23.7. The van der Waals surface area contributed by atoms with Gasteiger partial charge in [-0.05, 0) is 70.8 Å². The predicted molar refractivity (Wildman–Crippen MR) is 203 cm³/mol. The van der Waals surface area contributed by atoms with Gasteiger partial charge in [-0.1, -0.05) is 97.8 Å². The van der Waals surface area contributed by atoms with E-state index in [-0.39, 0.29) is 33.6 Å². The largest absolute Gasteiger partial charge is 0.507 e. The topological polar surface area (TPSA) is 96.2 Å². The first-order valence-corrected chi connectivity index (χ1v) is 16.6. The third-order valence-corrected chi connectivity index (χ3v) is 8.27. The molecule has 0 aliphatic heterocycles. The Bertz CT molecular complexity index is 2080. The first kappa shape index (κ1) is 38.0. The van der Waals surface area contributed by atoms with Gasteiger partial charge in [-0.15, -0.1) is 0 Å². The molecule has 0 aliphatic rings. The van der Waals surface area contributed by atoms with Gasteiger partial charge in [0.1, 0.15) is 5.75 Å². The number of ether oxygens (including phenoxy) is 2. The molecule has 0 spiro atoms. The second kappa shape index (κ2) is 14.6. The summed E-state index contributed by atoms with van der Waals surface area (Å²) in [5, 5.41) is 32.2. The van der Waals surface area contributed by atoms with Gasteiger partial charge >= 0.3 is 0 Å². The fraction of sp³-hybridized carbons (Fsp3) is 0.311. The highest BCUT2D eigenvalue weighted by molar-refractivity contribution is 5.81. The summed E-state index contributed by atoms with van der Waals surface area (Å²) in [6.07, 6.45) is 0.631. The smallest absolute Gasteiger partial charge is 0.162 e. The van der Waals surface area contributed by atoms with Crippen LogP contribution in [0.1, 0.15) is 123 Å². The van der Waals surface area contributed by atoms with Gasteiger partial charge in [0.15, 0.2) is 29.3 Å². The maximum absolute atomic E-state index is 11.8. The van der Waals surface area contributed by atoms with Gasteiger partial charge < -0.3 is 24.8 Å². The molecule has 0 saturated heterocycles. The number of aldehydes is 1. The van der Waals surface area contributed by atoms with Crippen LogP contribution in [0.4, 0.5) is 0 Å². The fourth-order valence-corrected chi connectivity index (χ4v) is 5.48. The average Bonchev–Trinajstić information content (AvgIpc) is 3.05. The summed E-state index contributed by atoms with van der Waals surface area (Å²) >= 11 is 0. The van der Waals surface area contributed by atoms with E-state index in [1.165, 1.54) is 14.2 Å². The molecule has 3 N–H and O–H groups in total. The summed E-state index contributed by atoms with van der Waals surface area (Å²) < 4.78 is 10.9. The van der Waals surface area contributed by atoms with Crippen molar-refractivity contribution < 1.29 is 29.6 Å². The molecular formula is C45H46O6. The number of methoxy groups -OCH3 is 2. The van der Waals surface area contributed by atoms with Crippen LogP contribution < -0.4 is 9.47 Å². The summed E-state index contributed by atoms with van der Waals surface area (Å²) in [4.78, 5) is 11.8. The predicted octanol–water partition coefficient (Wildman–Crippen LogP) is 8.73. The highest BCUT2D eigenvalue weighted by Gasteiger charge is 2.23. The van der Waals surface area contributed by atoms with Crippen LogP contribution in [-0.4, -0.2) is 35.8 Å². The van der Waals surface area contributed by atoms with Crippen LogP contribution in [0.5, 0.6) is 28.7 Å². The van der Waals surface area contributed by atoms with E-state index in [4.69, 9.17) is 9.47 Å². The van der Waals surface area contributed by atoms with Crippen molar-refractivity contribution in [1.82, 2.24) is 0 Å². The molecule has 0 fully saturated rings. The SMILES string of the molecule is COc1cc(C#Cc2cc(C#Cc3cc(C=O)c(O)c(C(C)(C)C)c3)cc(C#Cc3cc(OC)c(O)c(C(C)(C)C)c3)c2)cc(C(C)(C)C)c1O. The maximum Gasteiger partial charge on any atom is 0.162 e. The highest BCUT2D eigenvalue weighted by Crippen LogP contribution is 2.40. The molecule has 0 aromatic heterocycles. The summed E-state index contributed by atoms with van der Waals surface area (Å²) in [5.41, 5.74) is 5.01. The van der Waals surface area contributed by atoms with Gasteiger partial charge in [0.2, 0.25) is 0 Å². The van der Waals surface area contributed by atoms with E-state index in [0.29, 0.717) is 56.7 Å². The summed E-state index contributed by atoms with van der Waals surface area (Å²) in [5.74, 6) is 20.1. The molecule has 0 unspecified atom stereocenters. The third kappa shape index (κ3) is 9.08. The van der Waals surface area contributed by atoms with Crippen LogP contribution in [-0.2, 0) is 16.2 Å². The van der Waals surface area contributed by atoms with Crippen molar-refractivity contribution in [1.29, 1.82) is 0 Å². The summed E-state index contributed by atoms with van der Waals surface area (Å²) in [6, 6.07) is 16.1. The van der Waals surface area contributed by atoms with E-state index in [2.05, 4.69) is 35.5 Å². The molecule has 4 rings (SSSR count). The Balaban J connectivity index is 1.90. The monoisotopic (exact) mass is 682 g/mol. The minimum atomic E-state index is -0.411. The molecule has 262 valence electrons. The van der Waals surface area contributed by atoms with Crippen LogP contribution in [0.3, 0.4) is 0 Å². The van der Waals surface area contributed by atoms with E-state index in [0.717, 1.165) is 11.1 Å². The van der Waals surface area contributed by atoms with Gasteiger partial charge in [0.25, 0.3) is 0 Å². The quantitative estimate of drug-likeness (QED) is 0.148. The van der Waals surface area contributed by atoms with E-state index in [1.807, 2.05) is 92.6 Å². The van der Waals surface area contributed by atoms with Gasteiger partial charge in [0, 0.05) is 50.1 Å². The Morgan fingerprint density at radius 3 is 1.00 bits per heavy atom. The van der Waals surface area contributed by atoms with Crippen LogP contribution >= 0.6 is 0 Å². The Labute approximate surface area is 302 Å². The molecule has 0 atom stereocenters. The number of phenolic OH excluding ortho intramolecular Hbond substituents is 3. The number of carbonyl (C=O) groups excluding carboxylic acids is 1. The van der Waals surface area contributed by atoms with Gasteiger partial charge in [0.05, 0.1) is 19.8 Å². The van der Waals surface area contributed by atoms with E-state index >= 15 is 0 Å². The Kier molecular flexibility index (Phi) is 10.9. The number of carbonyl (C=O) groups is 1. The maximum atomic E-state index is 11.8. The van der Waals surface area contributed by atoms with Gasteiger partial charge in [-0.3, -0.25) is 4.79 Å². The molecule has 0 radical (unpaired) electrons. The van der Waals surface area contributed by atoms with Crippen LogP contribution in [0, 0.1) is 35.5 Å². The number of hydrogen-bond donors (Lipinski definition) is 3. The van der Waals surface area contributed by atoms with E-state index in [1.54, 1.807) is 24.3 Å². The Hall–Kier alpha value is -5.77. The van der Waals surface area contributed by atoms with Crippen molar-refractivity contribution in [2.24, 2.45) is 0 Å². The molecule has 0 heterocycles. The third-order valence-electron chi connectivity index (χ3n) is 8.27. The van der Waals surface area contributed by atoms with E-state index in [9.17, 15) is 20.1 Å². The normalized spacial score (nSPS) is 11.3. The second-order valence-corrected chi connectivity index (χ2v) is 15.5. The first-order valence-electron chi connectivity index (χ1n) is 16.6. The summed E-state index contributed by atoms with van der Waals surface area (Å²) in [6.45, 7) is 17.9. The zero-order chi connectivity index (χ0) is 37.9. The molecule has 0 aliphatic carbocycles. The van der Waals surface area contributed by atoms with Crippen molar-refractivity contribution >= 4 is 6.29 Å². The summed E-state index contributed by atoms with van der Waals surface area (Å²) in [7, 11) is 3.02. The minimum absolute atomic E-state index is 0.0427. The molecule has 6 heteroatoms. The lowest BCUT2D eigenvalue weighted by atomic mass is 9.84. The molecule has 4 aromatic carbocycles. The fourth-order valence-electron chi connectivity index (χ4n) is 5.48. The van der Waals surface area contributed by atoms with Crippen LogP contribution in [0.25, 0.3) is 0 Å². The number of benzene rings is 4. The molecule has 0 bridgehead atoms. The highest BCUT2D eigenvalue weighted by atomic mass is 16.5. The van der Waals surface area contributed by atoms with Crippen molar-refractivity contribution in [3.05, 3.63) is 110 Å². The molecule has 51 heavy (non-hydrogen) atoms. The number of aromatic hydroxyl groups is 3. The number of phenols is 3. The van der Waals surface area contributed by atoms with Crippen LogP contribution in [0.2, 0.25) is 0 Å². The lowest BCUT2D eigenvalue weighted by molar-refractivity contribution is 0.112. The van der Waals surface area contributed by atoms with Crippen LogP contribution in [0.15, 0.2) is 54.6 Å². The molecule has 4 aromatic rings. The zero-order valence-electron chi connectivity index (χ0n) is 31.3. The number of hydrogen-bond acceptors (Lipinski definition) is 6. The minimum Gasteiger partial charge on any atom is -0.507 e. The standard InChI is InChI=1S/C45H46O6/c1-43(2,3)35-22-31(21-34(27-46)40(35)47)15-12-28-18-29(13-16-32-23-36(44(4,5)6)41(48)38(25-32)50-10)20-30(19-28)14-17-33-24-37(45(7,8)9)42(49)39(26-33)51-11/h18-27,47-49H,1-11H3. The molecule has 6 nitrogen and oxygen atoms in total. The van der Waals surface area contributed by atoms with Crippen molar-refractivity contribution in [3.63, 3.8) is 0 Å². The Morgan fingerprint density at radius 2 is 0.725 bits per heavy atom. The molecule has 0 saturated carbocycles. The average molecular weight is 683 g/mol. The van der Waals surface area contributed by atoms with Crippen molar-refractivity contribution in [3.8, 4) is 64.3 Å². The Morgan fingerprint density at radius 1 is 0.451 bits per heavy atom. The van der Waals surface area contributed by atoms with Crippen molar-refractivity contribution in [2.75, 3.05) is 14.2 Å². The second-order valence-electron chi connectivity index (χ2n) is 15.5. The number of rotatable bonds is 3. The molecule has 0 amide bonds. The molecular weight excluding hydrogens is 636 g/mol. The lowest BCUT2D eigenvalue weighted by Gasteiger charge is -2.22. The zero-order valence-corrected chi connectivity index (χ0v) is 31.3. The lowest BCUT2D eigenvalue weighted by Crippen LogP contribution is -2.12. The van der Waals surface area contributed by atoms with Gasteiger partial charge in [-0.2, -0.15) is 0 Å².